The number of hydrogen-bond acceptors (Lipinski definition) is 5. The fourth-order valence-electron chi connectivity index (χ4n) is 2.38. The molecule has 0 amide bonds. The van der Waals surface area contributed by atoms with E-state index in [4.69, 9.17) is 11.6 Å². The number of piperidine rings is 1. The van der Waals surface area contributed by atoms with Gasteiger partial charge in [0.15, 0.2) is 0 Å². The molecule has 1 aliphatic heterocycles. The maximum atomic E-state index is 6.03. The first kappa shape index (κ1) is 13.2. The van der Waals surface area contributed by atoms with Crippen LogP contribution in [0.2, 0.25) is 5.28 Å². The first-order valence-electron chi connectivity index (χ1n) is 6.85. The fraction of sp³-hybridized carbons (Fsp3) is 0.429. The van der Waals surface area contributed by atoms with Crippen LogP contribution in [0.15, 0.2) is 24.5 Å². The Morgan fingerprint density at radius 3 is 2.50 bits per heavy atom. The standard InChI is InChI=1S/C14H16ClN5/c15-13-17-12(10-11-4-6-16-7-5-11)18-14(19-13)20-8-2-1-3-9-20/h4-7H,1-3,8-10H2. The van der Waals surface area contributed by atoms with Crippen molar-refractivity contribution in [3.8, 4) is 0 Å². The zero-order chi connectivity index (χ0) is 13.8. The van der Waals surface area contributed by atoms with Gasteiger partial charge in [-0.1, -0.05) is 0 Å². The van der Waals surface area contributed by atoms with Gasteiger partial charge in [0.05, 0.1) is 0 Å². The van der Waals surface area contributed by atoms with Crippen molar-refractivity contribution in [3.63, 3.8) is 0 Å². The molecule has 0 aliphatic carbocycles. The van der Waals surface area contributed by atoms with Gasteiger partial charge in [-0.15, -0.1) is 0 Å². The van der Waals surface area contributed by atoms with Crippen LogP contribution in [0.3, 0.4) is 0 Å². The van der Waals surface area contributed by atoms with Crippen LogP contribution in [0.1, 0.15) is 30.7 Å². The lowest BCUT2D eigenvalue weighted by atomic mass is 10.1. The van der Waals surface area contributed by atoms with Gasteiger partial charge in [-0.3, -0.25) is 4.98 Å². The van der Waals surface area contributed by atoms with Crippen LogP contribution < -0.4 is 4.90 Å². The van der Waals surface area contributed by atoms with Crippen molar-refractivity contribution >= 4 is 17.5 Å². The van der Waals surface area contributed by atoms with E-state index in [9.17, 15) is 0 Å². The Bertz CT molecular complexity index is 569. The second-order valence-electron chi connectivity index (χ2n) is 4.90. The summed E-state index contributed by atoms with van der Waals surface area (Å²) >= 11 is 6.03. The molecular weight excluding hydrogens is 274 g/mol. The molecule has 0 atom stereocenters. The van der Waals surface area contributed by atoms with Crippen molar-refractivity contribution < 1.29 is 0 Å². The number of anilines is 1. The Labute approximate surface area is 123 Å². The molecular formula is C14H16ClN5. The van der Waals surface area contributed by atoms with Crippen molar-refractivity contribution in [1.29, 1.82) is 0 Å². The van der Waals surface area contributed by atoms with Gasteiger partial charge in [-0.05, 0) is 48.6 Å². The number of hydrogen-bond donors (Lipinski definition) is 0. The molecule has 3 heterocycles. The van der Waals surface area contributed by atoms with Crippen LogP contribution in [0.5, 0.6) is 0 Å². The van der Waals surface area contributed by atoms with E-state index >= 15 is 0 Å². The molecule has 3 rings (SSSR count). The maximum absolute atomic E-state index is 6.03. The monoisotopic (exact) mass is 289 g/mol. The molecule has 0 aromatic carbocycles. The normalized spacial score (nSPS) is 15.3. The van der Waals surface area contributed by atoms with E-state index in [1.807, 2.05) is 12.1 Å². The molecule has 20 heavy (non-hydrogen) atoms. The lowest BCUT2D eigenvalue weighted by molar-refractivity contribution is 0.566. The highest BCUT2D eigenvalue weighted by molar-refractivity contribution is 6.28. The van der Waals surface area contributed by atoms with Crippen LogP contribution in [-0.2, 0) is 6.42 Å². The average molecular weight is 290 g/mol. The zero-order valence-electron chi connectivity index (χ0n) is 11.2. The zero-order valence-corrected chi connectivity index (χ0v) is 11.9. The molecule has 5 nitrogen and oxygen atoms in total. The van der Waals surface area contributed by atoms with Gasteiger partial charge >= 0.3 is 0 Å². The van der Waals surface area contributed by atoms with Crippen molar-refractivity contribution in [2.45, 2.75) is 25.7 Å². The third kappa shape index (κ3) is 3.22. The second kappa shape index (κ2) is 6.13. The first-order chi connectivity index (χ1) is 9.81. The summed E-state index contributed by atoms with van der Waals surface area (Å²) in [5.74, 6) is 1.41. The summed E-state index contributed by atoms with van der Waals surface area (Å²) in [7, 11) is 0. The summed E-state index contributed by atoms with van der Waals surface area (Å²) < 4.78 is 0. The molecule has 6 heteroatoms. The van der Waals surface area contributed by atoms with Crippen LogP contribution in [0, 0.1) is 0 Å². The van der Waals surface area contributed by atoms with Crippen LogP contribution in [0.25, 0.3) is 0 Å². The van der Waals surface area contributed by atoms with Gasteiger partial charge in [-0.2, -0.15) is 9.97 Å². The molecule has 0 bridgehead atoms. The van der Waals surface area contributed by atoms with Gasteiger partial charge in [0.25, 0.3) is 0 Å². The van der Waals surface area contributed by atoms with E-state index in [0.29, 0.717) is 18.2 Å². The van der Waals surface area contributed by atoms with Crippen molar-refractivity contribution in [2.75, 3.05) is 18.0 Å². The van der Waals surface area contributed by atoms with E-state index in [-0.39, 0.29) is 5.28 Å². The summed E-state index contributed by atoms with van der Waals surface area (Å²) in [6, 6.07) is 3.91. The molecule has 0 unspecified atom stereocenters. The first-order valence-corrected chi connectivity index (χ1v) is 7.23. The molecule has 0 saturated carbocycles. The van der Waals surface area contributed by atoms with E-state index in [2.05, 4.69) is 24.8 Å². The van der Waals surface area contributed by atoms with Crippen molar-refractivity contribution in [2.24, 2.45) is 0 Å². The Morgan fingerprint density at radius 2 is 1.75 bits per heavy atom. The number of halogens is 1. The highest BCUT2D eigenvalue weighted by Crippen LogP contribution is 2.18. The number of aromatic nitrogens is 4. The largest absolute Gasteiger partial charge is 0.341 e. The lowest BCUT2D eigenvalue weighted by Crippen LogP contribution is -2.31. The average Bonchev–Trinajstić information content (AvgIpc) is 2.49. The van der Waals surface area contributed by atoms with Gasteiger partial charge < -0.3 is 4.90 Å². The summed E-state index contributed by atoms with van der Waals surface area (Å²) in [6.45, 7) is 1.99. The van der Waals surface area contributed by atoms with Gasteiger partial charge in [0.2, 0.25) is 11.2 Å². The third-order valence-electron chi connectivity index (χ3n) is 3.39. The van der Waals surface area contributed by atoms with Crippen molar-refractivity contribution in [1.82, 2.24) is 19.9 Å². The highest BCUT2D eigenvalue weighted by atomic mass is 35.5. The van der Waals surface area contributed by atoms with Crippen LogP contribution in [-0.4, -0.2) is 33.0 Å². The summed E-state index contributed by atoms with van der Waals surface area (Å²) in [5.41, 5.74) is 1.12. The van der Waals surface area contributed by atoms with Gasteiger partial charge in [0.1, 0.15) is 5.82 Å². The Kier molecular flexibility index (Phi) is 4.06. The minimum Gasteiger partial charge on any atom is -0.341 e. The summed E-state index contributed by atoms with van der Waals surface area (Å²) in [5, 5.41) is 0.268. The van der Waals surface area contributed by atoms with E-state index < -0.39 is 0 Å². The third-order valence-corrected chi connectivity index (χ3v) is 3.56. The lowest BCUT2D eigenvalue weighted by Gasteiger charge is -2.26. The SMILES string of the molecule is Clc1nc(Cc2ccncc2)nc(N2CCCCC2)n1. The van der Waals surface area contributed by atoms with Crippen LogP contribution >= 0.6 is 11.6 Å². The van der Waals surface area contributed by atoms with E-state index in [1.165, 1.54) is 19.3 Å². The molecule has 0 spiro atoms. The number of rotatable bonds is 3. The molecule has 1 fully saturated rings. The smallest absolute Gasteiger partial charge is 0.229 e. The topological polar surface area (TPSA) is 54.8 Å². The minimum atomic E-state index is 0.268. The Balaban J connectivity index is 1.82. The van der Waals surface area contributed by atoms with E-state index in [1.54, 1.807) is 12.4 Å². The Morgan fingerprint density at radius 1 is 1.00 bits per heavy atom. The minimum absolute atomic E-state index is 0.268. The molecule has 1 saturated heterocycles. The Hall–Kier alpha value is -1.75. The number of pyridine rings is 1. The quantitative estimate of drug-likeness (QED) is 0.869. The molecule has 2 aromatic heterocycles. The molecule has 0 radical (unpaired) electrons. The maximum Gasteiger partial charge on any atom is 0.229 e. The highest BCUT2D eigenvalue weighted by Gasteiger charge is 2.15. The predicted molar refractivity (Wildman–Crippen MR) is 77.9 cm³/mol. The van der Waals surface area contributed by atoms with Gasteiger partial charge in [0, 0.05) is 31.9 Å². The molecule has 2 aromatic rings. The molecule has 104 valence electrons. The number of nitrogens with zero attached hydrogens (tertiary/aromatic N) is 5. The second-order valence-corrected chi connectivity index (χ2v) is 5.24. The summed E-state index contributed by atoms with van der Waals surface area (Å²) in [4.78, 5) is 19.2. The molecule has 0 N–H and O–H groups in total. The predicted octanol–water partition coefficient (Wildman–Crippen LogP) is 2.50. The van der Waals surface area contributed by atoms with E-state index in [0.717, 1.165) is 18.7 Å². The van der Waals surface area contributed by atoms with Crippen molar-refractivity contribution in [3.05, 3.63) is 41.2 Å². The molecule has 1 aliphatic rings. The van der Waals surface area contributed by atoms with Gasteiger partial charge in [-0.25, -0.2) is 4.98 Å². The summed E-state index contributed by atoms with van der Waals surface area (Å²) in [6.07, 6.45) is 7.82. The van der Waals surface area contributed by atoms with Crippen LogP contribution in [0.4, 0.5) is 5.95 Å². The fourth-order valence-corrected chi connectivity index (χ4v) is 2.55.